The summed E-state index contributed by atoms with van der Waals surface area (Å²) in [5.74, 6) is -0.403. The molecule has 14 heavy (non-hydrogen) atoms. The fourth-order valence-electron chi connectivity index (χ4n) is 1.10. The summed E-state index contributed by atoms with van der Waals surface area (Å²) < 4.78 is 0. The normalized spacial score (nSPS) is 12.1. The molecule has 0 radical (unpaired) electrons. The summed E-state index contributed by atoms with van der Waals surface area (Å²) in [6, 6.07) is 5.49. The maximum atomic E-state index is 10.7. The quantitative estimate of drug-likeness (QED) is 0.747. The number of carboxylic acids is 1. The number of rotatable bonds is 5. The number of aliphatic carboxylic acids is 1. The van der Waals surface area contributed by atoms with E-state index in [0.717, 1.165) is 0 Å². The molecule has 0 aliphatic carbocycles. The lowest BCUT2D eigenvalue weighted by molar-refractivity contribution is -0.141. The number of anilines is 1. The number of pyridine rings is 1. The van der Waals surface area contributed by atoms with E-state index in [1.165, 1.54) is 0 Å². The molecular weight excluding hydrogens is 180 g/mol. The topological polar surface area (TPSA) is 62.2 Å². The molecule has 0 bridgehead atoms. The molecule has 0 aliphatic heterocycles. The first-order valence-corrected chi connectivity index (χ1v) is 4.61. The second-order valence-corrected chi connectivity index (χ2v) is 3.04. The van der Waals surface area contributed by atoms with Gasteiger partial charge >= 0.3 is 5.97 Å². The van der Waals surface area contributed by atoms with E-state index in [1.54, 1.807) is 6.20 Å². The van der Waals surface area contributed by atoms with Crippen molar-refractivity contribution in [1.82, 2.24) is 4.98 Å². The molecule has 0 fully saturated rings. The smallest absolute Gasteiger partial charge is 0.308 e. The number of hydrogen-bond acceptors (Lipinski definition) is 3. The van der Waals surface area contributed by atoms with Crippen molar-refractivity contribution in [3.63, 3.8) is 0 Å². The van der Waals surface area contributed by atoms with Gasteiger partial charge in [0.2, 0.25) is 0 Å². The molecular formula is C10H14N2O2. The summed E-state index contributed by atoms with van der Waals surface area (Å²) in [5, 5.41) is 11.8. The summed E-state index contributed by atoms with van der Waals surface area (Å²) in [6.45, 7) is 2.28. The molecule has 4 nitrogen and oxygen atoms in total. The predicted molar refractivity (Wildman–Crippen MR) is 54.1 cm³/mol. The van der Waals surface area contributed by atoms with Gasteiger partial charge < -0.3 is 10.4 Å². The lowest BCUT2D eigenvalue weighted by Crippen LogP contribution is -2.22. The summed E-state index contributed by atoms with van der Waals surface area (Å²) in [6.07, 6.45) is 2.29. The summed E-state index contributed by atoms with van der Waals surface area (Å²) >= 11 is 0. The number of nitrogens with one attached hydrogen (secondary N) is 1. The molecule has 1 atom stereocenters. The highest BCUT2D eigenvalue weighted by Gasteiger charge is 2.14. The van der Waals surface area contributed by atoms with E-state index in [1.807, 2.05) is 25.1 Å². The van der Waals surface area contributed by atoms with Crippen LogP contribution in [0.3, 0.4) is 0 Å². The van der Waals surface area contributed by atoms with Gasteiger partial charge in [0.05, 0.1) is 5.92 Å². The van der Waals surface area contributed by atoms with Gasteiger partial charge in [-0.3, -0.25) is 4.79 Å². The average Bonchev–Trinajstić information content (AvgIpc) is 2.20. The third-order valence-corrected chi connectivity index (χ3v) is 2.04. The fourth-order valence-corrected chi connectivity index (χ4v) is 1.10. The van der Waals surface area contributed by atoms with Gasteiger partial charge in [-0.05, 0) is 18.6 Å². The molecule has 0 spiro atoms. The van der Waals surface area contributed by atoms with E-state index in [-0.39, 0.29) is 5.92 Å². The van der Waals surface area contributed by atoms with Gasteiger partial charge in [0, 0.05) is 12.7 Å². The van der Waals surface area contributed by atoms with Crippen molar-refractivity contribution in [3.05, 3.63) is 24.4 Å². The van der Waals surface area contributed by atoms with Crippen molar-refractivity contribution < 1.29 is 9.90 Å². The Balaban J connectivity index is 2.44. The number of nitrogens with zero attached hydrogens (tertiary/aromatic N) is 1. The Labute approximate surface area is 83.0 Å². The maximum Gasteiger partial charge on any atom is 0.308 e. The molecule has 0 saturated carbocycles. The second-order valence-electron chi connectivity index (χ2n) is 3.04. The minimum atomic E-state index is -0.768. The highest BCUT2D eigenvalue weighted by Crippen LogP contribution is 2.05. The third-order valence-electron chi connectivity index (χ3n) is 2.04. The van der Waals surface area contributed by atoms with E-state index in [9.17, 15) is 4.79 Å². The average molecular weight is 194 g/mol. The largest absolute Gasteiger partial charge is 0.481 e. The molecule has 2 N–H and O–H groups in total. The van der Waals surface area contributed by atoms with Crippen LogP contribution in [0.15, 0.2) is 24.4 Å². The maximum absolute atomic E-state index is 10.7. The third kappa shape index (κ3) is 3.05. The molecule has 1 unspecified atom stereocenters. The van der Waals surface area contributed by atoms with Crippen molar-refractivity contribution in [2.45, 2.75) is 13.3 Å². The van der Waals surface area contributed by atoms with Crippen molar-refractivity contribution in [2.24, 2.45) is 5.92 Å². The molecule has 1 aromatic heterocycles. The standard InChI is InChI=1S/C10H14N2O2/c1-2-8(10(13)14)7-12-9-5-3-4-6-11-9/h3-6,8H,2,7H2,1H3,(H,11,12)(H,13,14). The van der Waals surface area contributed by atoms with Crippen LogP contribution in [-0.4, -0.2) is 22.6 Å². The molecule has 0 aliphatic rings. The first kappa shape index (κ1) is 10.5. The van der Waals surface area contributed by atoms with Gasteiger partial charge in [-0.1, -0.05) is 13.0 Å². The Morgan fingerprint density at radius 2 is 2.43 bits per heavy atom. The number of aromatic nitrogens is 1. The zero-order valence-electron chi connectivity index (χ0n) is 8.10. The summed E-state index contributed by atoms with van der Waals surface area (Å²) in [4.78, 5) is 14.7. The van der Waals surface area contributed by atoms with Crippen LogP contribution in [0.5, 0.6) is 0 Å². The van der Waals surface area contributed by atoms with Gasteiger partial charge in [0.25, 0.3) is 0 Å². The Morgan fingerprint density at radius 1 is 1.64 bits per heavy atom. The molecule has 0 saturated heterocycles. The van der Waals surface area contributed by atoms with Crippen LogP contribution in [0.25, 0.3) is 0 Å². The molecule has 76 valence electrons. The molecule has 0 amide bonds. The lowest BCUT2D eigenvalue weighted by Gasteiger charge is -2.10. The van der Waals surface area contributed by atoms with Crippen LogP contribution in [0.4, 0.5) is 5.82 Å². The highest BCUT2D eigenvalue weighted by atomic mass is 16.4. The minimum Gasteiger partial charge on any atom is -0.481 e. The van der Waals surface area contributed by atoms with Gasteiger partial charge in [0.1, 0.15) is 5.82 Å². The lowest BCUT2D eigenvalue weighted by atomic mass is 10.1. The first-order valence-electron chi connectivity index (χ1n) is 4.61. The van der Waals surface area contributed by atoms with Crippen LogP contribution in [-0.2, 0) is 4.79 Å². The molecule has 1 rings (SSSR count). The van der Waals surface area contributed by atoms with Crippen molar-refractivity contribution in [1.29, 1.82) is 0 Å². The van der Waals surface area contributed by atoms with Gasteiger partial charge in [-0.2, -0.15) is 0 Å². The monoisotopic (exact) mass is 194 g/mol. The van der Waals surface area contributed by atoms with Gasteiger partial charge in [-0.25, -0.2) is 4.98 Å². The van der Waals surface area contributed by atoms with E-state index < -0.39 is 5.97 Å². The van der Waals surface area contributed by atoms with Crippen molar-refractivity contribution in [3.8, 4) is 0 Å². The molecule has 0 aromatic carbocycles. The van der Waals surface area contributed by atoms with Crippen LogP contribution >= 0.6 is 0 Å². The predicted octanol–water partition coefficient (Wildman–Crippen LogP) is 1.60. The second kappa shape index (κ2) is 5.21. The number of carbonyl (C=O) groups is 1. The Kier molecular flexibility index (Phi) is 3.91. The molecule has 1 heterocycles. The minimum absolute atomic E-state index is 0.350. The number of hydrogen-bond donors (Lipinski definition) is 2. The zero-order chi connectivity index (χ0) is 10.4. The summed E-state index contributed by atoms with van der Waals surface area (Å²) in [7, 11) is 0. The first-order chi connectivity index (χ1) is 6.74. The Morgan fingerprint density at radius 3 is 2.93 bits per heavy atom. The van der Waals surface area contributed by atoms with E-state index in [4.69, 9.17) is 5.11 Å². The van der Waals surface area contributed by atoms with E-state index >= 15 is 0 Å². The summed E-state index contributed by atoms with van der Waals surface area (Å²) in [5.41, 5.74) is 0. The Hall–Kier alpha value is -1.58. The van der Waals surface area contributed by atoms with Gasteiger partial charge in [-0.15, -0.1) is 0 Å². The van der Waals surface area contributed by atoms with Crippen molar-refractivity contribution in [2.75, 3.05) is 11.9 Å². The number of carboxylic acid groups (broad SMARTS) is 1. The van der Waals surface area contributed by atoms with E-state index in [0.29, 0.717) is 18.8 Å². The fraction of sp³-hybridized carbons (Fsp3) is 0.400. The molecule has 4 heteroatoms. The zero-order valence-corrected chi connectivity index (χ0v) is 8.10. The molecule has 1 aromatic rings. The van der Waals surface area contributed by atoms with E-state index in [2.05, 4.69) is 10.3 Å². The Bertz CT molecular complexity index is 287. The van der Waals surface area contributed by atoms with Crippen LogP contribution in [0.2, 0.25) is 0 Å². The van der Waals surface area contributed by atoms with Crippen LogP contribution in [0.1, 0.15) is 13.3 Å². The van der Waals surface area contributed by atoms with Gasteiger partial charge in [0.15, 0.2) is 0 Å². The van der Waals surface area contributed by atoms with Crippen LogP contribution in [0, 0.1) is 5.92 Å². The van der Waals surface area contributed by atoms with Crippen LogP contribution < -0.4 is 5.32 Å². The SMILES string of the molecule is CCC(CNc1ccccn1)C(=O)O. The highest BCUT2D eigenvalue weighted by molar-refractivity contribution is 5.70. The van der Waals surface area contributed by atoms with Crippen molar-refractivity contribution >= 4 is 11.8 Å².